The molecule has 10 nitrogen and oxygen atoms in total. The summed E-state index contributed by atoms with van der Waals surface area (Å²) in [7, 11) is 0. The molecule has 1 saturated heterocycles. The number of carbonyl (C=O) groups is 3. The van der Waals surface area contributed by atoms with Crippen LogP contribution in [0.4, 0.5) is 26.7 Å². The molecular formula is C28H36N6O4S2. The molecule has 1 aliphatic heterocycles. The number of rotatable bonds is 10. The van der Waals surface area contributed by atoms with Crippen molar-refractivity contribution in [3.05, 3.63) is 57.2 Å². The SMILES string of the molecule is CC(C)(C)OC(=O)Nc1cscc1NC(=O)c1ccc(C(CCCN2CCCC2)NC(=O)Nc2ccsc2)cn1. The van der Waals surface area contributed by atoms with E-state index < -0.39 is 17.6 Å². The zero-order chi connectivity index (χ0) is 28.5. The predicted octanol–water partition coefficient (Wildman–Crippen LogP) is 6.54. The molecule has 0 radical (unpaired) electrons. The molecule has 0 spiro atoms. The number of carbonyl (C=O) groups excluding carboxylic acids is 3. The van der Waals surface area contributed by atoms with Gasteiger partial charge in [0.1, 0.15) is 11.3 Å². The van der Waals surface area contributed by atoms with Crippen molar-refractivity contribution in [2.24, 2.45) is 0 Å². The van der Waals surface area contributed by atoms with Crippen molar-refractivity contribution in [3.8, 4) is 0 Å². The fourth-order valence-electron chi connectivity index (χ4n) is 4.34. The van der Waals surface area contributed by atoms with Crippen LogP contribution in [-0.2, 0) is 4.74 Å². The van der Waals surface area contributed by atoms with Crippen LogP contribution in [0.15, 0.2) is 45.9 Å². The van der Waals surface area contributed by atoms with Crippen LogP contribution >= 0.6 is 22.7 Å². The van der Waals surface area contributed by atoms with Gasteiger partial charge in [0.25, 0.3) is 5.91 Å². The largest absolute Gasteiger partial charge is 0.444 e. The van der Waals surface area contributed by atoms with E-state index in [9.17, 15) is 14.4 Å². The molecule has 3 aromatic heterocycles. The van der Waals surface area contributed by atoms with Gasteiger partial charge in [-0.1, -0.05) is 6.07 Å². The topological polar surface area (TPSA) is 125 Å². The fourth-order valence-corrected chi connectivity index (χ4v) is 5.64. The number of hydrogen-bond donors (Lipinski definition) is 4. The number of pyridine rings is 1. The van der Waals surface area contributed by atoms with E-state index in [2.05, 4.69) is 31.2 Å². The van der Waals surface area contributed by atoms with Crippen molar-refractivity contribution in [2.45, 2.75) is 58.1 Å². The summed E-state index contributed by atoms with van der Waals surface area (Å²) in [4.78, 5) is 44.6. The Bertz CT molecular complexity index is 1260. The summed E-state index contributed by atoms with van der Waals surface area (Å²) in [5, 5.41) is 18.6. The van der Waals surface area contributed by atoms with E-state index in [1.165, 1.54) is 35.5 Å². The van der Waals surface area contributed by atoms with Crippen molar-refractivity contribution >= 4 is 57.8 Å². The molecule has 0 aliphatic carbocycles. The van der Waals surface area contributed by atoms with Gasteiger partial charge in [-0.3, -0.25) is 15.1 Å². The van der Waals surface area contributed by atoms with Gasteiger partial charge in [0.2, 0.25) is 0 Å². The van der Waals surface area contributed by atoms with Crippen molar-refractivity contribution in [1.29, 1.82) is 0 Å². The van der Waals surface area contributed by atoms with Crippen LogP contribution in [-0.4, -0.2) is 53.2 Å². The average Bonchev–Trinajstić information content (AvgIpc) is 3.67. The van der Waals surface area contributed by atoms with Gasteiger partial charge < -0.3 is 25.6 Å². The van der Waals surface area contributed by atoms with Gasteiger partial charge in [0.05, 0.1) is 23.1 Å². The van der Waals surface area contributed by atoms with Crippen LogP contribution in [0.25, 0.3) is 0 Å². The number of amides is 4. The lowest BCUT2D eigenvalue weighted by Crippen LogP contribution is -2.33. The van der Waals surface area contributed by atoms with Gasteiger partial charge in [0.15, 0.2) is 0 Å². The number of thiophene rings is 2. The van der Waals surface area contributed by atoms with Crippen LogP contribution in [0, 0.1) is 0 Å². The van der Waals surface area contributed by atoms with E-state index in [1.807, 2.05) is 22.9 Å². The molecule has 4 rings (SSSR count). The molecule has 1 unspecified atom stereocenters. The Morgan fingerprint density at radius 2 is 1.75 bits per heavy atom. The number of urea groups is 1. The monoisotopic (exact) mass is 584 g/mol. The Balaban J connectivity index is 1.38. The maximum absolute atomic E-state index is 12.9. The second-order valence-electron chi connectivity index (χ2n) is 10.6. The summed E-state index contributed by atoms with van der Waals surface area (Å²) in [6.07, 6.45) is 5.18. The molecule has 4 N–H and O–H groups in total. The lowest BCUT2D eigenvalue weighted by molar-refractivity contribution is 0.0635. The molecule has 0 bridgehead atoms. The zero-order valence-corrected chi connectivity index (χ0v) is 24.6. The fraction of sp³-hybridized carbons (Fsp3) is 0.429. The number of nitrogens with one attached hydrogen (secondary N) is 4. The highest BCUT2D eigenvalue weighted by Gasteiger charge is 2.20. The minimum Gasteiger partial charge on any atom is -0.444 e. The number of likely N-dealkylation sites (tertiary alicyclic amines) is 1. The average molecular weight is 585 g/mol. The summed E-state index contributed by atoms with van der Waals surface area (Å²) in [5.41, 5.74) is 2.05. The molecule has 4 heterocycles. The number of anilines is 3. The first-order valence-corrected chi connectivity index (χ1v) is 15.2. The predicted molar refractivity (Wildman–Crippen MR) is 160 cm³/mol. The van der Waals surface area contributed by atoms with Crippen LogP contribution in [0.5, 0.6) is 0 Å². The highest BCUT2D eigenvalue weighted by molar-refractivity contribution is 7.09. The van der Waals surface area contributed by atoms with E-state index in [4.69, 9.17) is 4.74 Å². The standard InChI is InChI=1S/C28H36N6O4S2/c1-28(2,3)38-27(37)33-24-18-40-17-23(24)31-25(35)22-9-8-19(15-29-22)21(7-6-13-34-11-4-5-12-34)32-26(36)30-20-10-14-39-16-20/h8-10,14-18,21H,4-7,11-13H2,1-3H3,(H,31,35)(H,33,37)(H2,30,32,36). The molecular weight excluding hydrogens is 548 g/mol. The second kappa shape index (κ2) is 13.7. The minimum atomic E-state index is -0.638. The first-order chi connectivity index (χ1) is 19.2. The normalized spacial score (nSPS) is 14.4. The molecule has 0 saturated carbocycles. The summed E-state index contributed by atoms with van der Waals surface area (Å²) >= 11 is 2.85. The zero-order valence-electron chi connectivity index (χ0n) is 23.0. The van der Waals surface area contributed by atoms with Gasteiger partial charge in [-0.05, 0) is 89.2 Å². The van der Waals surface area contributed by atoms with Crippen molar-refractivity contribution < 1.29 is 19.1 Å². The maximum Gasteiger partial charge on any atom is 0.412 e. The molecule has 12 heteroatoms. The quantitative estimate of drug-likeness (QED) is 0.214. The highest BCUT2D eigenvalue weighted by atomic mass is 32.1. The molecule has 3 aromatic rings. The molecule has 1 atom stereocenters. The number of ether oxygens (including phenoxy) is 1. The van der Waals surface area contributed by atoms with Crippen LogP contribution in [0.3, 0.4) is 0 Å². The third kappa shape index (κ3) is 9.04. The molecule has 1 aliphatic rings. The lowest BCUT2D eigenvalue weighted by Gasteiger charge is -2.21. The number of aromatic nitrogens is 1. The first-order valence-electron chi connectivity index (χ1n) is 13.3. The van der Waals surface area contributed by atoms with E-state index in [0.29, 0.717) is 11.4 Å². The maximum atomic E-state index is 12.9. The van der Waals surface area contributed by atoms with E-state index in [-0.39, 0.29) is 17.8 Å². The van der Waals surface area contributed by atoms with Gasteiger partial charge >= 0.3 is 12.1 Å². The van der Waals surface area contributed by atoms with Gasteiger partial charge in [-0.25, -0.2) is 9.59 Å². The van der Waals surface area contributed by atoms with Gasteiger partial charge in [0, 0.05) is 22.3 Å². The summed E-state index contributed by atoms with van der Waals surface area (Å²) in [6.45, 7) is 8.58. The summed E-state index contributed by atoms with van der Waals surface area (Å²) in [6, 6.07) is 4.77. The van der Waals surface area contributed by atoms with Crippen LogP contribution < -0.4 is 21.3 Å². The highest BCUT2D eigenvalue weighted by Crippen LogP contribution is 2.28. The lowest BCUT2D eigenvalue weighted by atomic mass is 10.0. The minimum absolute atomic E-state index is 0.219. The molecule has 4 amide bonds. The van der Waals surface area contributed by atoms with E-state index in [1.54, 1.807) is 43.8 Å². The van der Waals surface area contributed by atoms with Crippen molar-refractivity contribution in [2.75, 3.05) is 35.6 Å². The third-order valence-corrected chi connectivity index (χ3v) is 7.64. The Morgan fingerprint density at radius 3 is 2.40 bits per heavy atom. The third-order valence-electron chi connectivity index (χ3n) is 6.22. The smallest absolute Gasteiger partial charge is 0.412 e. The Hall–Kier alpha value is -3.48. The summed E-state index contributed by atoms with van der Waals surface area (Å²) in [5.74, 6) is -0.411. The first kappa shape index (κ1) is 29.5. The van der Waals surface area contributed by atoms with Crippen LogP contribution in [0.2, 0.25) is 0 Å². The molecule has 214 valence electrons. The Morgan fingerprint density at radius 1 is 1.00 bits per heavy atom. The Labute approximate surface area is 242 Å². The molecule has 40 heavy (non-hydrogen) atoms. The second-order valence-corrected chi connectivity index (χ2v) is 12.1. The summed E-state index contributed by atoms with van der Waals surface area (Å²) < 4.78 is 5.30. The van der Waals surface area contributed by atoms with Crippen LogP contribution in [0.1, 0.15) is 68.5 Å². The van der Waals surface area contributed by atoms with E-state index in [0.717, 1.165) is 43.7 Å². The number of nitrogens with zero attached hydrogens (tertiary/aromatic N) is 2. The number of hydrogen-bond acceptors (Lipinski definition) is 8. The Kier molecular flexibility index (Phi) is 10.1. The van der Waals surface area contributed by atoms with Gasteiger partial charge in [-0.15, -0.1) is 11.3 Å². The van der Waals surface area contributed by atoms with Crippen molar-refractivity contribution in [1.82, 2.24) is 15.2 Å². The van der Waals surface area contributed by atoms with E-state index >= 15 is 0 Å². The molecule has 0 aromatic carbocycles. The van der Waals surface area contributed by atoms with Crippen molar-refractivity contribution in [3.63, 3.8) is 0 Å². The van der Waals surface area contributed by atoms with Gasteiger partial charge in [-0.2, -0.15) is 11.3 Å². The molecule has 1 fully saturated rings.